The molecular weight excluding hydrogens is 348 g/mol. The van der Waals surface area contributed by atoms with Gasteiger partial charge in [-0.05, 0) is 37.5 Å². The molecule has 2 N–H and O–H groups in total. The van der Waals surface area contributed by atoms with Crippen molar-refractivity contribution in [2.45, 2.75) is 37.8 Å². The molecule has 8 nitrogen and oxygen atoms in total. The van der Waals surface area contributed by atoms with Gasteiger partial charge in [0.05, 0.1) is 0 Å². The topological polar surface area (TPSA) is 93.2 Å². The van der Waals surface area contributed by atoms with Gasteiger partial charge in [-0.25, -0.2) is 4.79 Å². The normalized spacial score (nSPS) is 21.0. The molecule has 8 heteroatoms. The zero-order valence-electron chi connectivity index (χ0n) is 15.7. The Morgan fingerprint density at radius 2 is 1.89 bits per heavy atom. The number of nitrogens with zero attached hydrogens (tertiary/aromatic N) is 3. The Balaban J connectivity index is 1.67. The fourth-order valence-electron chi connectivity index (χ4n) is 3.81. The number of nitrogens with one attached hydrogen (secondary N) is 1. The molecule has 1 aromatic carbocycles. The van der Waals surface area contributed by atoms with Gasteiger partial charge in [-0.15, -0.1) is 0 Å². The number of carbonyl (C=O) groups is 3. The van der Waals surface area contributed by atoms with E-state index in [0.717, 1.165) is 37.3 Å². The smallest absolute Gasteiger partial charge is 0.407 e. The van der Waals surface area contributed by atoms with Crippen LogP contribution in [0.25, 0.3) is 0 Å². The average Bonchev–Trinajstić information content (AvgIpc) is 2.67. The highest BCUT2D eigenvalue weighted by atomic mass is 16.4. The van der Waals surface area contributed by atoms with Gasteiger partial charge in [0, 0.05) is 51.0 Å². The van der Waals surface area contributed by atoms with E-state index in [1.807, 2.05) is 36.2 Å². The molecule has 0 aliphatic carbocycles. The van der Waals surface area contributed by atoms with Crippen molar-refractivity contribution in [2.75, 3.05) is 37.0 Å². The number of amides is 3. The van der Waals surface area contributed by atoms with E-state index in [0.29, 0.717) is 12.8 Å². The number of hydrogen-bond acceptors (Lipinski definition) is 5. The van der Waals surface area contributed by atoms with E-state index in [4.69, 9.17) is 5.11 Å². The third-order valence-electron chi connectivity index (χ3n) is 5.59. The fraction of sp³-hybridized carbons (Fsp3) is 0.526. The van der Waals surface area contributed by atoms with Gasteiger partial charge in [0.1, 0.15) is 6.04 Å². The molecule has 2 aliphatic heterocycles. The van der Waals surface area contributed by atoms with E-state index >= 15 is 0 Å². The molecule has 146 valence electrons. The second-order valence-electron chi connectivity index (χ2n) is 7.21. The first kappa shape index (κ1) is 19.0. The number of carbonyl (C=O) groups excluding carboxylic acids is 2. The van der Waals surface area contributed by atoms with Crippen LogP contribution < -0.4 is 15.1 Å². The Morgan fingerprint density at radius 3 is 2.52 bits per heavy atom. The van der Waals surface area contributed by atoms with Crippen molar-refractivity contribution < 1.29 is 19.5 Å². The van der Waals surface area contributed by atoms with E-state index in [9.17, 15) is 14.4 Å². The number of rotatable bonds is 4. The summed E-state index contributed by atoms with van der Waals surface area (Å²) in [5.41, 5.74) is 1.98. The van der Waals surface area contributed by atoms with Crippen LogP contribution in [0.3, 0.4) is 0 Å². The van der Waals surface area contributed by atoms with Crippen LogP contribution in [-0.4, -0.2) is 67.2 Å². The van der Waals surface area contributed by atoms with Crippen LogP contribution in [0.2, 0.25) is 0 Å². The van der Waals surface area contributed by atoms with Crippen molar-refractivity contribution in [1.82, 2.24) is 10.2 Å². The largest absolute Gasteiger partial charge is 0.465 e. The maximum atomic E-state index is 12.1. The van der Waals surface area contributed by atoms with Crippen LogP contribution in [0.4, 0.5) is 16.2 Å². The third kappa shape index (κ3) is 4.15. The van der Waals surface area contributed by atoms with E-state index in [1.54, 1.807) is 7.05 Å². The number of imide groups is 1. The Bertz CT molecular complexity index is 730. The molecule has 27 heavy (non-hydrogen) atoms. The maximum Gasteiger partial charge on any atom is 0.407 e. The molecule has 2 fully saturated rings. The zero-order chi connectivity index (χ0) is 19.6. The lowest BCUT2D eigenvalue weighted by Crippen LogP contribution is -2.51. The summed E-state index contributed by atoms with van der Waals surface area (Å²) in [6, 6.07) is 7.69. The molecule has 0 bridgehead atoms. The maximum absolute atomic E-state index is 12.1. The van der Waals surface area contributed by atoms with Crippen LogP contribution in [-0.2, 0) is 9.59 Å². The summed E-state index contributed by atoms with van der Waals surface area (Å²) in [5.74, 6) is -0.468. The molecule has 0 radical (unpaired) electrons. The van der Waals surface area contributed by atoms with Crippen molar-refractivity contribution in [3.05, 3.63) is 24.3 Å². The van der Waals surface area contributed by atoms with Gasteiger partial charge >= 0.3 is 6.09 Å². The number of piperidine rings is 2. The van der Waals surface area contributed by atoms with E-state index < -0.39 is 6.09 Å². The second kappa shape index (κ2) is 7.85. The fourth-order valence-corrected chi connectivity index (χ4v) is 3.81. The molecule has 2 saturated heterocycles. The predicted octanol–water partition coefficient (Wildman–Crippen LogP) is 1.51. The molecule has 3 amide bonds. The summed E-state index contributed by atoms with van der Waals surface area (Å²) >= 11 is 0. The molecule has 0 saturated carbocycles. The van der Waals surface area contributed by atoms with Crippen LogP contribution in [0, 0.1) is 0 Å². The molecule has 0 spiro atoms. The van der Waals surface area contributed by atoms with Gasteiger partial charge in [-0.1, -0.05) is 6.07 Å². The lowest BCUT2D eigenvalue weighted by Gasteiger charge is -2.37. The molecule has 2 heterocycles. The summed E-state index contributed by atoms with van der Waals surface area (Å²) in [4.78, 5) is 40.2. The standard InChI is InChI=1S/C19H26N4O4/c1-21(16-6-7-17(24)20-18(16)25)14-4-3-5-15(12-14)23-10-8-13(9-11-23)22(2)19(26)27/h3-5,12-13,16H,6-11H2,1-2H3,(H,26,27)(H,20,24,25)/t16-/m1/s1. The van der Waals surface area contributed by atoms with Gasteiger partial charge in [0.25, 0.3) is 0 Å². The van der Waals surface area contributed by atoms with E-state index in [-0.39, 0.29) is 23.9 Å². The quantitative estimate of drug-likeness (QED) is 0.776. The number of anilines is 2. The van der Waals surface area contributed by atoms with Gasteiger partial charge in [0.15, 0.2) is 0 Å². The molecular formula is C19H26N4O4. The minimum atomic E-state index is -0.888. The van der Waals surface area contributed by atoms with Crippen molar-refractivity contribution in [3.8, 4) is 0 Å². The Kier molecular flexibility index (Phi) is 5.53. The number of hydrogen-bond donors (Lipinski definition) is 2. The first-order valence-corrected chi connectivity index (χ1v) is 9.24. The van der Waals surface area contributed by atoms with Gasteiger partial charge in [-0.3, -0.25) is 14.9 Å². The van der Waals surface area contributed by atoms with Crippen LogP contribution in [0.15, 0.2) is 24.3 Å². The SMILES string of the molecule is CN(C(=O)O)C1CCN(c2cccc(N(C)[C@@H]3CCC(=O)NC3=O)c2)CC1. The Morgan fingerprint density at radius 1 is 1.19 bits per heavy atom. The van der Waals surface area contributed by atoms with Crippen LogP contribution in [0.5, 0.6) is 0 Å². The predicted molar refractivity (Wildman–Crippen MR) is 102 cm³/mol. The molecule has 2 aliphatic rings. The summed E-state index contributed by atoms with van der Waals surface area (Å²) in [6.07, 6.45) is 1.55. The minimum absolute atomic E-state index is 0.0491. The van der Waals surface area contributed by atoms with E-state index in [1.165, 1.54) is 4.90 Å². The van der Waals surface area contributed by atoms with Crippen molar-refractivity contribution >= 4 is 29.3 Å². The lowest BCUT2D eigenvalue weighted by molar-refractivity contribution is -0.134. The summed E-state index contributed by atoms with van der Waals surface area (Å²) < 4.78 is 0. The average molecular weight is 374 g/mol. The molecule has 0 unspecified atom stereocenters. The minimum Gasteiger partial charge on any atom is -0.465 e. The molecule has 1 aromatic rings. The lowest BCUT2D eigenvalue weighted by atomic mass is 10.0. The second-order valence-corrected chi connectivity index (χ2v) is 7.21. The zero-order valence-corrected chi connectivity index (χ0v) is 15.7. The first-order chi connectivity index (χ1) is 12.9. The highest BCUT2D eigenvalue weighted by Gasteiger charge is 2.30. The third-order valence-corrected chi connectivity index (χ3v) is 5.59. The number of carboxylic acid groups (broad SMARTS) is 1. The van der Waals surface area contributed by atoms with Gasteiger partial charge in [0.2, 0.25) is 11.8 Å². The van der Waals surface area contributed by atoms with Crippen LogP contribution >= 0.6 is 0 Å². The van der Waals surface area contributed by atoms with Crippen molar-refractivity contribution in [2.24, 2.45) is 0 Å². The Labute approximate surface area is 158 Å². The van der Waals surface area contributed by atoms with Crippen LogP contribution in [0.1, 0.15) is 25.7 Å². The van der Waals surface area contributed by atoms with Gasteiger partial charge < -0.3 is 19.8 Å². The highest BCUT2D eigenvalue weighted by molar-refractivity contribution is 6.01. The monoisotopic (exact) mass is 374 g/mol. The first-order valence-electron chi connectivity index (χ1n) is 9.24. The number of benzene rings is 1. The summed E-state index contributed by atoms with van der Waals surface area (Å²) in [7, 11) is 3.49. The number of likely N-dealkylation sites (N-methyl/N-ethyl adjacent to an activating group) is 1. The highest BCUT2D eigenvalue weighted by Crippen LogP contribution is 2.28. The van der Waals surface area contributed by atoms with Gasteiger partial charge in [-0.2, -0.15) is 0 Å². The molecule has 3 rings (SSSR count). The summed E-state index contributed by atoms with van der Waals surface area (Å²) in [5, 5.41) is 11.5. The molecule has 0 aromatic heterocycles. The summed E-state index contributed by atoms with van der Waals surface area (Å²) in [6.45, 7) is 1.57. The Hall–Kier alpha value is -2.77. The molecule has 1 atom stereocenters. The van der Waals surface area contributed by atoms with Crippen molar-refractivity contribution in [1.29, 1.82) is 0 Å². The van der Waals surface area contributed by atoms with E-state index in [2.05, 4.69) is 10.2 Å². The van der Waals surface area contributed by atoms with Crippen molar-refractivity contribution in [3.63, 3.8) is 0 Å².